The predicted octanol–water partition coefficient (Wildman–Crippen LogP) is 5.33. The SMILES string of the molecule is C=CC(=O)N1CCC(Nc2cc3c(Nc4cc(Br)ccc4OC)ncnc3cc2OC(F)F)CC1. The zero-order chi connectivity index (χ0) is 24.9. The third-order valence-electron chi connectivity index (χ3n) is 5.71. The Morgan fingerprint density at radius 3 is 2.66 bits per heavy atom. The highest BCUT2D eigenvalue weighted by Gasteiger charge is 2.23. The maximum absolute atomic E-state index is 13.2. The number of rotatable bonds is 8. The lowest BCUT2D eigenvalue weighted by molar-refractivity contribution is -0.126. The lowest BCUT2D eigenvalue weighted by Gasteiger charge is -2.32. The number of methoxy groups -OCH3 is 1. The van der Waals surface area contributed by atoms with Gasteiger partial charge in [-0.1, -0.05) is 22.5 Å². The summed E-state index contributed by atoms with van der Waals surface area (Å²) in [6.45, 7) is 1.61. The van der Waals surface area contributed by atoms with Crippen molar-refractivity contribution in [2.24, 2.45) is 0 Å². The number of carbonyl (C=O) groups is 1. The van der Waals surface area contributed by atoms with Gasteiger partial charge in [0.25, 0.3) is 0 Å². The van der Waals surface area contributed by atoms with Crippen molar-refractivity contribution in [2.75, 3.05) is 30.8 Å². The Kier molecular flexibility index (Phi) is 7.64. The highest BCUT2D eigenvalue weighted by molar-refractivity contribution is 9.10. The molecule has 4 rings (SSSR count). The lowest BCUT2D eigenvalue weighted by Crippen LogP contribution is -2.41. The van der Waals surface area contributed by atoms with Gasteiger partial charge in [-0.05, 0) is 43.2 Å². The van der Waals surface area contributed by atoms with Crippen LogP contribution in [0.2, 0.25) is 0 Å². The first-order valence-corrected chi connectivity index (χ1v) is 11.7. The van der Waals surface area contributed by atoms with Gasteiger partial charge in [0.2, 0.25) is 5.91 Å². The number of amides is 1. The van der Waals surface area contributed by atoms with Gasteiger partial charge in [0, 0.05) is 35.1 Å². The van der Waals surface area contributed by atoms with E-state index in [0.29, 0.717) is 59.8 Å². The van der Waals surface area contributed by atoms with Crippen LogP contribution in [0, 0.1) is 0 Å². The van der Waals surface area contributed by atoms with Crippen molar-refractivity contribution in [3.05, 3.63) is 53.8 Å². The van der Waals surface area contributed by atoms with E-state index in [-0.39, 0.29) is 17.7 Å². The maximum atomic E-state index is 13.2. The lowest BCUT2D eigenvalue weighted by atomic mass is 10.0. The summed E-state index contributed by atoms with van der Waals surface area (Å²) in [6, 6.07) is 8.63. The first-order chi connectivity index (χ1) is 16.9. The van der Waals surface area contributed by atoms with Crippen LogP contribution in [0.4, 0.5) is 26.0 Å². The van der Waals surface area contributed by atoms with Crippen LogP contribution in [0.1, 0.15) is 12.8 Å². The smallest absolute Gasteiger partial charge is 0.387 e. The van der Waals surface area contributed by atoms with Crippen molar-refractivity contribution >= 4 is 49.9 Å². The summed E-state index contributed by atoms with van der Waals surface area (Å²) >= 11 is 3.45. The fourth-order valence-electron chi connectivity index (χ4n) is 3.99. The Morgan fingerprint density at radius 1 is 1.20 bits per heavy atom. The van der Waals surface area contributed by atoms with Crippen LogP contribution in [0.15, 0.2) is 53.8 Å². The molecule has 1 aromatic heterocycles. The van der Waals surface area contributed by atoms with Crippen LogP contribution in [0.25, 0.3) is 10.9 Å². The molecule has 2 N–H and O–H groups in total. The van der Waals surface area contributed by atoms with Crippen molar-refractivity contribution in [1.29, 1.82) is 0 Å². The van der Waals surface area contributed by atoms with Crippen LogP contribution in [0.3, 0.4) is 0 Å². The molecule has 1 saturated heterocycles. The number of hydrogen-bond donors (Lipinski definition) is 2. The number of nitrogens with one attached hydrogen (secondary N) is 2. The van der Waals surface area contributed by atoms with Gasteiger partial charge in [0.1, 0.15) is 17.9 Å². The molecule has 1 fully saturated rings. The quantitative estimate of drug-likeness (QED) is 0.368. The second-order valence-corrected chi connectivity index (χ2v) is 8.80. The second kappa shape index (κ2) is 10.9. The van der Waals surface area contributed by atoms with Crippen molar-refractivity contribution in [3.8, 4) is 11.5 Å². The normalized spacial score (nSPS) is 14.1. The number of fused-ring (bicyclic) bond motifs is 1. The zero-order valence-electron chi connectivity index (χ0n) is 18.9. The van der Waals surface area contributed by atoms with Gasteiger partial charge in [-0.3, -0.25) is 4.79 Å². The number of anilines is 3. The zero-order valence-corrected chi connectivity index (χ0v) is 20.5. The monoisotopic (exact) mass is 547 g/mol. The number of likely N-dealkylation sites (tertiary alicyclic amines) is 1. The van der Waals surface area contributed by atoms with E-state index in [1.807, 2.05) is 12.1 Å². The predicted molar refractivity (Wildman–Crippen MR) is 134 cm³/mol. The molecular weight excluding hydrogens is 524 g/mol. The standard InChI is InChI=1S/C24H24BrF2N5O3/c1-3-22(33)32-8-6-15(7-9-32)30-19-11-16-17(12-21(19)35-24(26)27)28-13-29-23(16)31-18-10-14(25)4-5-20(18)34-2/h3-5,10-13,15,24,30H,1,6-9H2,2H3,(H,28,29,31). The number of aromatic nitrogens is 2. The molecule has 0 radical (unpaired) electrons. The number of alkyl halides is 2. The van der Waals surface area contributed by atoms with E-state index < -0.39 is 6.61 Å². The van der Waals surface area contributed by atoms with Gasteiger partial charge in [-0.25, -0.2) is 9.97 Å². The summed E-state index contributed by atoms with van der Waals surface area (Å²) < 4.78 is 37.4. The molecule has 2 heterocycles. The first-order valence-electron chi connectivity index (χ1n) is 10.9. The van der Waals surface area contributed by atoms with Gasteiger partial charge in [-0.2, -0.15) is 8.78 Å². The van der Waals surface area contributed by atoms with Crippen LogP contribution in [0.5, 0.6) is 11.5 Å². The second-order valence-electron chi connectivity index (χ2n) is 7.88. The van der Waals surface area contributed by atoms with Gasteiger partial charge < -0.3 is 25.0 Å². The molecule has 0 saturated carbocycles. The number of halogens is 3. The fraction of sp³-hybridized carbons (Fsp3) is 0.292. The van der Waals surface area contributed by atoms with E-state index in [9.17, 15) is 13.6 Å². The largest absolute Gasteiger partial charge is 0.495 e. The van der Waals surface area contributed by atoms with Crippen LogP contribution in [-0.4, -0.2) is 53.6 Å². The third kappa shape index (κ3) is 5.79. The van der Waals surface area contributed by atoms with Gasteiger partial charge in [0.05, 0.1) is 24.0 Å². The molecule has 8 nitrogen and oxygen atoms in total. The fourth-order valence-corrected chi connectivity index (χ4v) is 4.35. The molecule has 2 aromatic carbocycles. The van der Waals surface area contributed by atoms with E-state index in [0.717, 1.165) is 4.47 Å². The molecule has 35 heavy (non-hydrogen) atoms. The van der Waals surface area contributed by atoms with Gasteiger partial charge in [-0.15, -0.1) is 0 Å². The summed E-state index contributed by atoms with van der Waals surface area (Å²) in [5.74, 6) is 0.953. The van der Waals surface area contributed by atoms with Crippen molar-refractivity contribution < 1.29 is 23.0 Å². The Balaban J connectivity index is 1.66. The molecule has 1 amide bonds. The highest BCUT2D eigenvalue weighted by atomic mass is 79.9. The molecule has 0 bridgehead atoms. The molecule has 0 spiro atoms. The molecule has 0 atom stereocenters. The Hall–Kier alpha value is -3.47. The van der Waals surface area contributed by atoms with Crippen molar-refractivity contribution in [2.45, 2.75) is 25.5 Å². The Labute approximate surface area is 209 Å². The first kappa shape index (κ1) is 24.6. The third-order valence-corrected chi connectivity index (χ3v) is 6.20. The molecule has 3 aromatic rings. The number of benzene rings is 2. The van der Waals surface area contributed by atoms with Crippen LogP contribution in [-0.2, 0) is 4.79 Å². The minimum atomic E-state index is -2.99. The van der Waals surface area contributed by atoms with E-state index in [1.54, 1.807) is 24.1 Å². The topological polar surface area (TPSA) is 88.6 Å². The number of nitrogens with zero attached hydrogens (tertiary/aromatic N) is 3. The minimum absolute atomic E-state index is 0.0122. The molecule has 184 valence electrons. The van der Waals surface area contributed by atoms with E-state index >= 15 is 0 Å². The summed E-state index contributed by atoms with van der Waals surface area (Å²) in [7, 11) is 1.57. The van der Waals surface area contributed by atoms with E-state index in [1.165, 1.54) is 18.5 Å². The maximum Gasteiger partial charge on any atom is 0.387 e. The number of piperidine rings is 1. The molecule has 0 aliphatic carbocycles. The summed E-state index contributed by atoms with van der Waals surface area (Å²) in [5.41, 5.74) is 1.50. The van der Waals surface area contributed by atoms with E-state index in [2.05, 4.69) is 43.1 Å². The van der Waals surface area contributed by atoms with Gasteiger partial charge >= 0.3 is 6.61 Å². The number of hydrogen-bond acceptors (Lipinski definition) is 7. The number of carbonyl (C=O) groups excluding carboxylic acids is 1. The molecular formula is C24H24BrF2N5O3. The number of ether oxygens (including phenoxy) is 2. The van der Waals surface area contributed by atoms with Crippen LogP contribution >= 0.6 is 15.9 Å². The van der Waals surface area contributed by atoms with Crippen molar-refractivity contribution in [1.82, 2.24) is 14.9 Å². The van der Waals surface area contributed by atoms with Gasteiger partial charge in [0.15, 0.2) is 5.75 Å². The molecule has 0 unspecified atom stereocenters. The Bertz CT molecular complexity index is 1240. The molecule has 1 aliphatic heterocycles. The average Bonchev–Trinajstić information content (AvgIpc) is 2.84. The average molecular weight is 548 g/mol. The minimum Gasteiger partial charge on any atom is -0.495 e. The summed E-state index contributed by atoms with van der Waals surface area (Å²) in [4.78, 5) is 22.2. The summed E-state index contributed by atoms with van der Waals surface area (Å²) in [5, 5.41) is 7.17. The van der Waals surface area contributed by atoms with Crippen LogP contribution < -0.4 is 20.1 Å². The summed E-state index contributed by atoms with van der Waals surface area (Å²) in [6.07, 6.45) is 3.94. The van der Waals surface area contributed by atoms with Crippen molar-refractivity contribution in [3.63, 3.8) is 0 Å². The molecule has 1 aliphatic rings. The highest BCUT2D eigenvalue weighted by Crippen LogP contribution is 2.37. The molecule has 11 heteroatoms. The Morgan fingerprint density at radius 2 is 1.97 bits per heavy atom. The van der Waals surface area contributed by atoms with E-state index in [4.69, 9.17) is 9.47 Å².